The molecule has 0 fully saturated rings. The van der Waals surface area contributed by atoms with Crippen LogP contribution in [0.1, 0.15) is 11.0 Å². The molecule has 0 bridgehead atoms. The molecule has 1 heterocycles. The molecule has 0 aliphatic carbocycles. The predicted molar refractivity (Wildman–Crippen MR) is 55.0 cm³/mol. The number of carbonyl (C=O) groups is 1. The van der Waals surface area contributed by atoms with Gasteiger partial charge in [0.25, 0.3) is 0 Å². The third kappa shape index (κ3) is 3.08. The highest BCUT2D eigenvalue weighted by atomic mass is 32.2. The van der Waals surface area contributed by atoms with Crippen molar-refractivity contribution in [3.8, 4) is 0 Å². The molecule has 14 heavy (non-hydrogen) atoms. The second kappa shape index (κ2) is 5.72. The standard InChI is InChI=1S/C9H13NO3S/c1-12-9(11)6-14-8(5-10)7-3-2-4-13-7/h2-4,8H,5-6,10H2,1H3. The monoisotopic (exact) mass is 215 g/mol. The summed E-state index contributed by atoms with van der Waals surface area (Å²) >= 11 is 1.42. The topological polar surface area (TPSA) is 65.5 Å². The van der Waals surface area contributed by atoms with Gasteiger partial charge in [0.1, 0.15) is 5.76 Å². The van der Waals surface area contributed by atoms with E-state index in [1.165, 1.54) is 18.9 Å². The number of carbonyl (C=O) groups excluding carboxylic acids is 1. The molecule has 1 unspecified atom stereocenters. The number of hydrogen-bond acceptors (Lipinski definition) is 5. The summed E-state index contributed by atoms with van der Waals surface area (Å²) in [5.74, 6) is 0.834. The Morgan fingerprint density at radius 2 is 2.57 bits per heavy atom. The number of hydrogen-bond donors (Lipinski definition) is 1. The Labute approximate surface area is 86.8 Å². The summed E-state index contributed by atoms with van der Waals surface area (Å²) in [5.41, 5.74) is 5.56. The highest BCUT2D eigenvalue weighted by Gasteiger charge is 2.14. The Hall–Kier alpha value is -0.940. The van der Waals surface area contributed by atoms with E-state index in [0.29, 0.717) is 12.3 Å². The fourth-order valence-corrected chi connectivity index (χ4v) is 1.86. The van der Waals surface area contributed by atoms with E-state index < -0.39 is 0 Å². The van der Waals surface area contributed by atoms with Crippen molar-refractivity contribution >= 4 is 17.7 Å². The minimum atomic E-state index is -0.250. The van der Waals surface area contributed by atoms with Crippen LogP contribution in [0.15, 0.2) is 22.8 Å². The van der Waals surface area contributed by atoms with Gasteiger partial charge in [0.05, 0.1) is 24.4 Å². The van der Waals surface area contributed by atoms with Crippen molar-refractivity contribution in [2.24, 2.45) is 5.73 Å². The first-order valence-electron chi connectivity index (χ1n) is 4.19. The van der Waals surface area contributed by atoms with Gasteiger partial charge in [0.15, 0.2) is 0 Å². The fourth-order valence-electron chi connectivity index (χ4n) is 0.968. The maximum atomic E-state index is 10.9. The molecule has 0 aliphatic heterocycles. The van der Waals surface area contributed by atoms with Crippen molar-refractivity contribution in [1.82, 2.24) is 0 Å². The summed E-state index contributed by atoms with van der Waals surface area (Å²) in [6.45, 7) is 0.440. The van der Waals surface area contributed by atoms with Gasteiger partial charge >= 0.3 is 5.97 Å². The molecule has 0 spiro atoms. The molecule has 0 saturated heterocycles. The summed E-state index contributed by atoms with van der Waals surface area (Å²) in [4.78, 5) is 10.9. The van der Waals surface area contributed by atoms with Crippen LogP contribution in [0.25, 0.3) is 0 Å². The smallest absolute Gasteiger partial charge is 0.315 e. The van der Waals surface area contributed by atoms with Crippen molar-refractivity contribution in [2.75, 3.05) is 19.4 Å². The van der Waals surface area contributed by atoms with Crippen molar-refractivity contribution in [2.45, 2.75) is 5.25 Å². The van der Waals surface area contributed by atoms with Crippen molar-refractivity contribution in [3.05, 3.63) is 24.2 Å². The van der Waals surface area contributed by atoms with Crippen LogP contribution in [-0.2, 0) is 9.53 Å². The third-order valence-electron chi connectivity index (χ3n) is 1.70. The van der Waals surface area contributed by atoms with Gasteiger partial charge < -0.3 is 14.9 Å². The number of furan rings is 1. The number of nitrogens with two attached hydrogens (primary N) is 1. The van der Waals surface area contributed by atoms with Crippen molar-refractivity contribution in [1.29, 1.82) is 0 Å². The largest absolute Gasteiger partial charge is 0.468 e. The average molecular weight is 215 g/mol. The molecule has 78 valence electrons. The van der Waals surface area contributed by atoms with Crippen LogP contribution in [0.4, 0.5) is 0 Å². The number of rotatable bonds is 5. The number of ether oxygens (including phenoxy) is 1. The Kier molecular flexibility index (Phi) is 4.55. The SMILES string of the molecule is COC(=O)CSC(CN)c1ccco1. The van der Waals surface area contributed by atoms with Gasteiger partial charge in [-0.3, -0.25) is 4.79 Å². The lowest BCUT2D eigenvalue weighted by atomic mass is 10.3. The molecular formula is C9H13NO3S. The van der Waals surface area contributed by atoms with Gasteiger partial charge in [-0.15, -0.1) is 11.8 Å². The lowest BCUT2D eigenvalue weighted by Gasteiger charge is -2.10. The van der Waals surface area contributed by atoms with Gasteiger partial charge in [-0.25, -0.2) is 0 Å². The van der Waals surface area contributed by atoms with Crippen LogP contribution in [0, 0.1) is 0 Å². The normalized spacial score (nSPS) is 12.4. The van der Waals surface area contributed by atoms with Crippen LogP contribution >= 0.6 is 11.8 Å². The first-order valence-corrected chi connectivity index (χ1v) is 5.24. The van der Waals surface area contributed by atoms with E-state index in [2.05, 4.69) is 4.74 Å². The molecule has 1 aromatic rings. The minimum absolute atomic E-state index is 0.0177. The van der Waals surface area contributed by atoms with E-state index in [1.807, 2.05) is 6.07 Å². The first-order chi connectivity index (χ1) is 6.77. The van der Waals surface area contributed by atoms with Crippen molar-refractivity contribution < 1.29 is 13.9 Å². The average Bonchev–Trinajstić information content (AvgIpc) is 2.72. The molecule has 5 heteroatoms. The van der Waals surface area contributed by atoms with E-state index in [-0.39, 0.29) is 11.2 Å². The molecule has 0 radical (unpaired) electrons. The second-order valence-corrected chi connectivity index (χ2v) is 3.82. The molecule has 1 rings (SSSR count). The van der Waals surface area contributed by atoms with E-state index in [1.54, 1.807) is 12.3 Å². The third-order valence-corrected chi connectivity index (χ3v) is 2.93. The summed E-state index contributed by atoms with van der Waals surface area (Å²) in [7, 11) is 1.37. The highest BCUT2D eigenvalue weighted by molar-refractivity contribution is 8.00. The Morgan fingerprint density at radius 1 is 1.79 bits per heavy atom. The molecule has 1 atom stereocenters. The molecule has 1 aromatic heterocycles. The number of methoxy groups -OCH3 is 1. The molecule has 0 aromatic carbocycles. The fraction of sp³-hybridized carbons (Fsp3) is 0.444. The number of esters is 1. The Balaban J connectivity index is 2.44. The van der Waals surface area contributed by atoms with Gasteiger partial charge in [-0.05, 0) is 12.1 Å². The second-order valence-electron chi connectivity index (χ2n) is 2.63. The molecule has 0 amide bonds. The van der Waals surface area contributed by atoms with Gasteiger partial charge in [-0.1, -0.05) is 0 Å². The van der Waals surface area contributed by atoms with E-state index in [0.717, 1.165) is 5.76 Å². The molecule has 2 N–H and O–H groups in total. The molecule has 0 aliphatic rings. The zero-order chi connectivity index (χ0) is 10.4. The molecule has 4 nitrogen and oxygen atoms in total. The van der Waals surface area contributed by atoms with Crippen LogP contribution in [0.3, 0.4) is 0 Å². The maximum absolute atomic E-state index is 10.9. The summed E-state index contributed by atoms with van der Waals surface area (Å²) < 4.78 is 9.73. The zero-order valence-corrected chi connectivity index (χ0v) is 8.75. The predicted octanol–water partition coefficient (Wildman–Crippen LogP) is 1.19. The van der Waals surface area contributed by atoms with Crippen LogP contribution in [0.5, 0.6) is 0 Å². The quantitative estimate of drug-likeness (QED) is 0.747. The minimum Gasteiger partial charge on any atom is -0.468 e. The molecule has 0 saturated carbocycles. The summed E-state index contributed by atoms with van der Waals surface area (Å²) in [5, 5.41) is 0.0177. The lowest BCUT2D eigenvalue weighted by Crippen LogP contribution is -2.12. The van der Waals surface area contributed by atoms with Crippen molar-refractivity contribution in [3.63, 3.8) is 0 Å². The van der Waals surface area contributed by atoms with Crippen LogP contribution in [-0.4, -0.2) is 25.4 Å². The first kappa shape index (κ1) is 11.1. The zero-order valence-electron chi connectivity index (χ0n) is 7.93. The van der Waals surface area contributed by atoms with Gasteiger partial charge in [0, 0.05) is 6.54 Å². The summed E-state index contributed by atoms with van der Waals surface area (Å²) in [6, 6.07) is 3.65. The summed E-state index contributed by atoms with van der Waals surface area (Å²) in [6.07, 6.45) is 1.59. The van der Waals surface area contributed by atoms with Gasteiger partial charge in [0.2, 0.25) is 0 Å². The van der Waals surface area contributed by atoms with Crippen LogP contribution < -0.4 is 5.73 Å². The Bertz CT molecular complexity index is 274. The van der Waals surface area contributed by atoms with E-state index in [4.69, 9.17) is 10.2 Å². The molecular weight excluding hydrogens is 202 g/mol. The Morgan fingerprint density at radius 3 is 3.07 bits per heavy atom. The van der Waals surface area contributed by atoms with Crippen LogP contribution in [0.2, 0.25) is 0 Å². The van der Waals surface area contributed by atoms with E-state index in [9.17, 15) is 4.79 Å². The number of thioether (sulfide) groups is 1. The maximum Gasteiger partial charge on any atom is 0.315 e. The van der Waals surface area contributed by atoms with E-state index >= 15 is 0 Å². The lowest BCUT2D eigenvalue weighted by molar-refractivity contribution is -0.137. The van der Waals surface area contributed by atoms with Gasteiger partial charge in [-0.2, -0.15) is 0 Å². The highest BCUT2D eigenvalue weighted by Crippen LogP contribution is 2.27.